The number of hydrogen-bond acceptors (Lipinski definition) is 5. The van der Waals surface area contributed by atoms with Crippen LogP contribution >= 0.6 is 0 Å². The van der Waals surface area contributed by atoms with Crippen LogP contribution in [0.3, 0.4) is 0 Å². The summed E-state index contributed by atoms with van der Waals surface area (Å²) in [4.78, 5) is 24.6. The molecule has 0 radical (unpaired) electrons. The molecule has 3 aromatic rings. The van der Waals surface area contributed by atoms with Gasteiger partial charge in [0.1, 0.15) is 0 Å². The average Bonchev–Trinajstić information content (AvgIpc) is 3.03. The van der Waals surface area contributed by atoms with Crippen molar-refractivity contribution in [3.63, 3.8) is 0 Å². The van der Waals surface area contributed by atoms with Gasteiger partial charge < -0.3 is 14.6 Å². The van der Waals surface area contributed by atoms with E-state index in [0.29, 0.717) is 11.3 Å². The van der Waals surface area contributed by atoms with Gasteiger partial charge in [-0.05, 0) is 30.3 Å². The van der Waals surface area contributed by atoms with Crippen LogP contribution in [0.2, 0.25) is 0 Å². The van der Waals surface area contributed by atoms with Crippen molar-refractivity contribution in [3.8, 4) is 0 Å². The second-order valence-electron chi connectivity index (χ2n) is 6.61. The van der Waals surface area contributed by atoms with E-state index in [1.165, 1.54) is 38.4 Å². The number of rotatable bonds is 6. The van der Waals surface area contributed by atoms with Gasteiger partial charge in [0.25, 0.3) is 5.91 Å². The first kappa shape index (κ1) is 20.6. The zero-order valence-corrected chi connectivity index (χ0v) is 17.1. The molecule has 8 nitrogen and oxygen atoms in total. The number of fused-ring (bicyclic) bond motifs is 1. The summed E-state index contributed by atoms with van der Waals surface area (Å²) < 4.78 is 32.1. The van der Waals surface area contributed by atoms with Crippen LogP contribution < -0.4 is 5.32 Å². The molecule has 0 fully saturated rings. The number of aromatic nitrogens is 1. The third kappa shape index (κ3) is 4.30. The van der Waals surface area contributed by atoms with Crippen molar-refractivity contribution < 1.29 is 22.7 Å². The van der Waals surface area contributed by atoms with Gasteiger partial charge in [-0.1, -0.05) is 18.2 Å². The average molecular weight is 415 g/mol. The van der Waals surface area contributed by atoms with Crippen molar-refractivity contribution in [2.75, 3.05) is 26.0 Å². The first-order chi connectivity index (χ1) is 13.7. The Labute approximate surface area is 168 Å². The summed E-state index contributed by atoms with van der Waals surface area (Å²) in [6.45, 7) is -0.459. The van der Waals surface area contributed by atoms with E-state index in [1.54, 1.807) is 6.20 Å². The van der Waals surface area contributed by atoms with Crippen LogP contribution in [0.1, 0.15) is 10.4 Å². The fourth-order valence-corrected chi connectivity index (χ4v) is 3.73. The third-order valence-corrected chi connectivity index (χ3v) is 6.20. The summed E-state index contributed by atoms with van der Waals surface area (Å²) in [5.74, 6) is -1.12. The van der Waals surface area contributed by atoms with E-state index in [1.807, 2.05) is 35.9 Å². The molecule has 9 heteroatoms. The van der Waals surface area contributed by atoms with E-state index in [2.05, 4.69) is 5.32 Å². The van der Waals surface area contributed by atoms with Crippen LogP contribution in [0.25, 0.3) is 10.9 Å². The predicted molar refractivity (Wildman–Crippen MR) is 109 cm³/mol. The van der Waals surface area contributed by atoms with E-state index in [-0.39, 0.29) is 4.90 Å². The second kappa shape index (κ2) is 8.06. The summed E-state index contributed by atoms with van der Waals surface area (Å²) in [6, 6.07) is 13.1. The zero-order chi connectivity index (χ0) is 21.2. The van der Waals surface area contributed by atoms with E-state index in [4.69, 9.17) is 4.74 Å². The van der Waals surface area contributed by atoms with Gasteiger partial charge >= 0.3 is 5.97 Å². The Morgan fingerprint density at radius 1 is 1.07 bits per heavy atom. The molecule has 0 unspecified atom stereocenters. The molecule has 0 aliphatic rings. The molecule has 0 spiro atoms. The third-order valence-electron chi connectivity index (χ3n) is 4.37. The smallest absolute Gasteiger partial charge is 0.340 e. The molecule has 3 rings (SSSR count). The van der Waals surface area contributed by atoms with Crippen molar-refractivity contribution in [2.45, 2.75) is 4.90 Å². The van der Waals surface area contributed by atoms with E-state index < -0.39 is 28.5 Å². The highest BCUT2D eigenvalue weighted by molar-refractivity contribution is 7.89. The lowest BCUT2D eigenvalue weighted by atomic mass is 10.2. The number of esters is 1. The first-order valence-corrected chi connectivity index (χ1v) is 10.2. The Morgan fingerprint density at radius 3 is 2.38 bits per heavy atom. The molecule has 1 amide bonds. The normalized spacial score (nSPS) is 11.6. The van der Waals surface area contributed by atoms with E-state index in [9.17, 15) is 18.0 Å². The van der Waals surface area contributed by atoms with Crippen LogP contribution in [-0.2, 0) is 26.6 Å². The fraction of sp³-hybridized carbons (Fsp3) is 0.200. The molecule has 29 heavy (non-hydrogen) atoms. The van der Waals surface area contributed by atoms with Crippen molar-refractivity contribution in [1.82, 2.24) is 8.87 Å². The lowest BCUT2D eigenvalue weighted by molar-refractivity contribution is -0.119. The number of aryl methyl sites for hydroxylation is 1. The van der Waals surface area contributed by atoms with Gasteiger partial charge in [-0.15, -0.1) is 0 Å². The molecule has 1 N–H and O–H groups in total. The Kier molecular flexibility index (Phi) is 5.71. The van der Waals surface area contributed by atoms with Crippen molar-refractivity contribution >= 4 is 38.5 Å². The standard InChI is InChI=1S/C20H21N3O5S/c1-22(2)29(26,27)15-10-8-14(9-11-15)21-19(24)13-28-20(25)17-12-23(3)18-7-5-4-6-16(17)18/h4-12H,13H2,1-3H3,(H,21,24). The van der Waals surface area contributed by atoms with Crippen LogP contribution in [0.5, 0.6) is 0 Å². The number of carbonyl (C=O) groups is 2. The number of para-hydroxylation sites is 1. The van der Waals surface area contributed by atoms with Gasteiger partial charge in [0, 0.05) is 43.9 Å². The van der Waals surface area contributed by atoms with Crippen molar-refractivity contribution in [3.05, 3.63) is 60.3 Å². The largest absolute Gasteiger partial charge is 0.452 e. The van der Waals surface area contributed by atoms with Crippen LogP contribution in [0.4, 0.5) is 5.69 Å². The fourth-order valence-electron chi connectivity index (χ4n) is 2.83. The van der Waals surface area contributed by atoms with Crippen molar-refractivity contribution in [1.29, 1.82) is 0 Å². The summed E-state index contributed by atoms with van der Waals surface area (Å²) >= 11 is 0. The van der Waals surface area contributed by atoms with Gasteiger partial charge in [0.15, 0.2) is 6.61 Å². The molecule has 0 bridgehead atoms. The van der Waals surface area contributed by atoms with Gasteiger partial charge in [0.2, 0.25) is 10.0 Å². The number of hydrogen-bond donors (Lipinski definition) is 1. The summed E-state index contributed by atoms with van der Waals surface area (Å²) in [7, 11) is 1.16. The number of sulfonamides is 1. The molecular formula is C20H21N3O5S. The van der Waals surface area contributed by atoms with Gasteiger partial charge in [0.05, 0.1) is 10.5 Å². The van der Waals surface area contributed by atoms with Gasteiger partial charge in [-0.25, -0.2) is 17.5 Å². The minimum atomic E-state index is -3.54. The van der Waals surface area contributed by atoms with Crippen LogP contribution in [0, 0.1) is 0 Å². The van der Waals surface area contributed by atoms with Gasteiger partial charge in [-0.2, -0.15) is 0 Å². The monoisotopic (exact) mass is 415 g/mol. The lowest BCUT2D eigenvalue weighted by Gasteiger charge is -2.12. The topological polar surface area (TPSA) is 97.7 Å². The first-order valence-electron chi connectivity index (χ1n) is 8.74. The molecule has 1 aromatic heterocycles. The molecule has 152 valence electrons. The minimum Gasteiger partial charge on any atom is -0.452 e. The second-order valence-corrected chi connectivity index (χ2v) is 8.76. The maximum Gasteiger partial charge on any atom is 0.340 e. The number of benzene rings is 2. The number of anilines is 1. The molecule has 0 saturated carbocycles. The number of nitrogens with zero attached hydrogens (tertiary/aromatic N) is 2. The highest BCUT2D eigenvalue weighted by Crippen LogP contribution is 2.21. The molecule has 1 heterocycles. The highest BCUT2D eigenvalue weighted by Gasteiger charge is 2.18. The van der Waals surface area contributed by atoms with E-state index >= 15 is 0 Å². The number of carbonyl (C=O) groups excluding carboxylic acids is 2. The Bertz CT molecular complexity index is 1160. The highest BCUT2D eigenvalue weighted by atomic mass is 32.2. The minimum absolute atomic E-state index is 0.114. The summed E-state index contributed by atoms with van der Waals surface area (Å²) in [5.41, 5.74) is 1.67. The number of amides is 1. The van der Waals surface area contributed by atoms with Crippen molar-refractivity contribution in [2.24, 2.45) is 7.05 Å². The Hall–Kier alpha value is -3.17. The number of ether oxygens (including phenoxy) is 1. The summed E-state index contributed by atoms with van der Waals surface area (Å²) in [6.07, 6.45) is 1.66. The van der Waals surface area contributed by atoms with E-state index in [0.717, 1.165) is 15.2 Å². The molecule has 0 saturated heterocycles. The zero-order valence-electron chi connectivity index (χ0n) is 16.2. The quantitative estimate of drug-likeness (QED) is 0.623. The molecular weight excluding hydrogens is 394 g/mol. The SMILES string of the molecule is CN(C)S(=O)(=O)c1ccc(NC(=O)COC(=O)c2cn(C)c3ccccc23)cc1. The Balaban J connectivity index is 1.62. The Morgan fingerprint density at radius 2 is 1.72 bits per heavy atom. The predicted octanol–water partition coefficient (Wildman–Crippen LogP) is 2.22. The summed E-state index contributed by atoms with van der Waals surface area (Å²) in [5, 5.41) is 3.32. The molecule has 2 aromatic carbocycles. The lowest BCUT2D eigenvalue weighted by Crippen LogP contribution is -2.22. The van der Waals surface area contributed by atoms with Crippen LogP contribution in [0.15, 0.2) is 59.6 Å². The molecule has 0 aliphatic carbocycles. The molecule has 0 atom stereocenters. The maximum atomic E-state index is 12.4. The van der Waals surface area contributed by atoms with Crippen LogP contribution in [-0.4, -0.2) is 49.9 Å². The van der Waals surface area contributed by atoms with Gasteiger partial charge in [-0.3, -0.25) is 4.79 Å². The number of nitrogens with one attached hydrogen (secondary N) is 1. The maximum absolute atomic E-state index is 12.4. The molecule has 0 aliphatic heterocycles.